The third-order valence-electron chi connectivity index (χ3n) is 3.97. The molecule has 0 aliphatic heterocycles. The van der Waals surface area contributed by atoms with E-state index >= 15 is 0 Å². The number of hydrogen-bond donors (Lipinski definition) is 0. The van der Waals surface area contributed by atoms with Gasteiger partial charge in [0.15, 0.2) is 5.16 Å². The summed E-state index contributed by atoms with van der Waals surface area (Å²) >= 11 is 3.12. The van der Waals surface area contributed by atoms with E-state index in [1.165, 1.54) is 28.5 Å². The van der Waals surface area contributed by atoms with Crippen molar-refractivity contribution in [3.05, 3.63) is 64.1 Å². The van der Waals surface area contributed by atoms with Crippen LogP contribution in [-0.4, -0.2) is 33.2 Å². The predicted molar refractivity (Wildman–Crippen MR) is 105 cm³/mol. The van der Waals surface area contributed by atoms with Crippen molar-refractivity contribution in [1.82, 2.24) is 14.5 Å². The Morgan fingerprint density at radius 1 is 1.32 bits per heavy atom. The standard InChI is InChI=1S/C19H21N3OS2/c1-14-4-5-17(15(2)10-14)22-8-7-20-19(22)25-13-18(23)21(3)11-16-6-9-24-12-16/h4-10,12H,11,13H2,1-3H3. The summed E-state index contributed by atoms with van der Waals surface area (Å²) in [5, 5.41) is 4.94. The van der Waals surface area contributed by atoms with Crippen molar-refractivity contribution in [2.45, 2.75) is 25.5 Å². The Morgan fingerprint density at radius 2 is 2.16 bits per heavy atom. The number of carbonyl (C=O) groups excluding carboxylic acids is 1. The maximum Gasteiger partial charge on any atom is 0.233 e. The van der Waals surface area contributed by atoms with Crippen molar-refractivity contribution in [2.75, 3.05) is 12.8 Å². The van der Waals surface area contributed by atoms with Gasteiger partial charge in [0.2, 0.25) is 5.91 Å². The highest BCUT2D eigenvalue weighted by molar-refractivity contribution is 7.99. The quantitative estimate of drug-likeness (QED) is 0.606. The lowest BCUT2D eigenvalue weighted by Crippen LogP contribution is -2.27. The first-order chi connectivity index (χ1) is 12.0. The van der Waals surface area contributed by atoms with E-state index < -0.39 is 0 Å². The van der Waals surface area contributed by atoms with Gasteiger partial charge in [-0.15, -0.1) is 0 Å². The van der Waals surface area contributed by atoms with Gasteiger partial charge in [-0.25, -0.2) is 4.98 Å². The van der Waals surface area contributed by atoms with Crippen LogP contribution in [-0.2, 0) is 11.3 Å². The normalized spacial score (nSPS) is 10.8. The molecule has 3 aromatic rings. The summed E-state index contributed by atoms with van der Waals surface area (Å²) in [5.74, 6) is 0.481. The van der Waals surface area contributed by atoms with Gasteiger partial charge in [-0.05, 0) is 47.9 Å². The molecule has 0 N–H and O–H groups in total. The number of imidazole rings is 1. The third-order valence-corrected chi connectivity index (χ3v) is 5.65. The molecule has 0 radical (unpaired) electrons. The third kappa shape index (κ3) is 4.32. The molecule has 0 aliphatic carbocycles. The zero-order chi connectivity index (χ0) is 17.8. The van der Waals surface area contributed by atoms with E-state index in [2.05, 4.69) is 48.5 Å². The van der Waals surface area contributed by atoms with Gasteiger partial charge in [0, 0.05) is 26.0 Å². The van der Waals surface area contributed by atoms with Gasteiger partial charge in [0.25, 0.3) is 0 Å². The van der Waals surface area contributed by atoms with Crippen LogP contribution < -0.4 is 0 Å². The Balaban J connectivity index is 1.66. The maximum absolute atomic E-state index is 12.4. The van der Waals surface area contributed by atoms with Crippen LogP contribution >= 0.6 is 23.1 Å². The zero-order valence-electron chi connectivity index (χ0n) is 14.6. The van der Waals surface area contributed by atoms with E-state index in [4.69, 9.17) is 0 Å². The fraction of sp³-hybridized carbons (Fsp3) is 0.263. The summed E-state index contributed by atoms with van der Waals surface area (Å²) in [6.07, 6.45) is 3.72. The number of nitrogens with zero attached hydrogens (tertiary/aromatic N) is 3. The van der Waals surface area contributed by atoms with E-state index in [9.17, 15) is 4.79 Å². The number of thioether (sulfide) groups is 1. The van der Waals surface area contributed by atoms with Crippen LogP contribution in [0.5, 0.6) is 0 Å². The minimum atomic E-state index is 0.103. The summed E-state index contributed by atoms with van der Waals surface area (Å²) < 4.78 is 2.05. The Bertz CT molecular complexity index is 855. The van der Waals surface area contributed by atoms with Crippen molar-refractivity contribution in [3.8, 4) is 5.69 Å². The highest BCUT2D eigenvalue weighted by atomic mass is 32.2. The van der Waals surface area contributed by atoms with Crippen molar-refractivity contribution >= 4 is 29.0 Å². The lowest BCUT2D eigenvalue weighted by molar-refractivity contribution is -0.127. The predicted octanol–water partition coefficient (Wildman–Crippen LogP) is 4.30. The number of amides is 1. The van der Waals surface area contributed by atoms with Crippen molar-refractivity contribution < 1.29 is 4.79 Å². The van der Waals surface area contributed by atoms with E-state index in [1.54, 1.807) is 22.4 Å². The molecule has 0 fully saturated rings. The topological polar surface area (TPSA) is 38.1 Å². The molecule has 2 heterocycles. The van der Waals surface area contributed by atoms with Gasteiger partial charge >= 0.3 is 0 Å². The molecule has 4 nitrogen and oxygen atoms in total. The molecular formula is C19H21N3OS2. The largest absolute Gasteiger partial charge is 0.341 e. The molecule has 6 heteroatoms. The monoisotopic (exact) mass is 371 g/mol. The molecule has 0 saturated heterocycles. The van der Waals surface area contributed by atoms with E-state index in [0.717, 1.165) is 10.8 Å². The smallest absolute Gasteiger partial charge is 0.233 e. The molecule has 0 bridgehead atoms. The molecule has 0 saturated carbocycles. The summed E-state index contributed by atoms with van der Waals surface area (Å²) in [6.45, 7) is 4.83. The van der Waals surface area contributed by atoms with Crippen LogP contribution in [0.4, 0.5) is 0 Å². The Hall–Kier alpha value is -2.05. The summed E-state index contributed by atoms with van der Waals surface area (Å²) in [5.41, 5.74) is 4.70. The summed E-state index contributed by atoms with van der Waals surface area (Å²) in [7, 11) is 1.84. The highest BCUT2D eigenvalue weighted by Gasteiger charge is 2.14. The van der Waals surface area contributed by atoms with Crippen LogP contribution in [0.15, 0.2) is 52.6 Å². The van der Waals surface area contributed by atoms with Gasteiger partial charge in [-0.2, -0.15) is 11.3 Å². The summed E-state index contributed by atoms with van der Waals surface area (Å²) in [6, 6.07) is 8.40. The van der Waals surface area contributed by atoms with Crippen molar-refractivity contribution in [2.24, 2.45) is 0 Å². The number of benzene rings is 1. The Morgan fingerprint density at radius 3 is 2.88 bits per heavy atom. The van der Waals surface area contributed by atoms with Crippen molar-refractivity contribution in [1.29, 1.82) is 0 Å². The minimum absolute atomic E-state index is 0.103. The fourth-order valence-electron chi connectivity index (χ4n) is 2.64. The molecule has 2 aromatic heterocycles. The second-order valence-corrected chi connectivity index (χ2v) is 7.76. The molecule has 1 aromatic carbocycles. The number of thiophene rings is 1. The lowest BCUT2D eigenvalue weighted by Gasteiger charge is -2.16. The number of hydrogen-bond acceptors (Lipinski definition) is 4. The van der Waals surface area contributed by atoms with Crippen LogP contribution in [0.3, 0.4) is 0 Å². The SMILES string of the molecule is Cc1ccc(-n2ccnc2SCC(=O)N(C)Cc2ccsc2)c(C)c1. The van der Waals surface area contributed by atoms with Crippen LogP contribution in [0.2, 0.25) is 0 Å². The molecule has 3 rings (SSSR count). The maximum atomic E-state index is 12.4. The lowest BCUT2D eigenvalue weighted by atomic mass is 10.1. The van der Waals surface area contributed by atoms with E-state index in [0.29, 0.717) is 12.3 Å². The first-order valence-electron chi connectivity index (χ1n) is 8.03. The number of aryl methyl sites for hydroxylation is 2. The van der Waals surface area contributed by atoms with E-state index in [-0.39, 0.29) is 5.91 Å². The number of carbonyl (C=O) groups is 1. The Labute approximate surface area is 156 Å². The fourth-order valence-corrected chi connectivity index (χ4v) is 4.20. The molecule has 130 valence electrons. The highest BCUT2D eigenvalue weighted by Crippen LogP contribution is 2.23. The molecular weight excluding hydrogens is 350 g/mol. The molecule has 0 aliphatic rings. The first kappa shape index (κ1) is 17.8. The molecule has 25 heavy (non-hydrogen) atoms. The zero-order valence-corrected chi connectivity index (χ0v) is 16.2. The minimum Gasteiger partial charge on any atom is -0.341 e. The van der Waals surface area contributed by atoms with Gasteiger partial charge in [-0.1, -0.05) is 29.5 Å². The first-order valence-corrected chi connectivity index (χ1v) is 9.96. The van der Waals surface area contributed by atoms with E-state index in [1.807, 2.05) is 23.2 Å². The van der Waals surface area contributed by atoms with Gasteiger partial charge in [0.05, 0.1) is 11.4 Å². The van der Waals surface area contributed by atoms with Gasteiger partial charge < -0.3 is 4.90 Å². The average Bonchev–Trinajstić information content (AvgIpc) is 3.24. The van der Waals surface area contributed by atoms with Gasteiger partial charge in [-0.3, -0.25) is 9.36 Å². The second-order valence-electron chi connectivity index (χ2n) is 6.04. The molecule has 0 atom stereocenters. The summed E-state index contributed by atoms with van der Waals surface area (Å²) in [4.78, 5) is 18.6. The second kappa shape index (κ2) is 7.89. The average molecular weight is 372 g/mol. The number of rotatable bonds is 6. The molecule has 0 spiro atoms. The van der Waals surface area contributed by atoms with Crippen LogP contribution in [0.1, 0.15) is 16.7 Å². The molecule has 0 unspecified atom stereocenters. The van der Waals surface area contributed by atoms with Gasteiger partial charge in [0.1, 0.15) is 0 Å². The Kier molecular flexibility index (Phi) is 5.60. The van der Waals surface area contributed by atoms with Crippen LogP contribution in [0, 0.1) is 13.8 Å². The molecule has 1 amide bonds. The van der Waals surface area contributed by atoms with Crippen molar-refractivity contribution in [3.63, 3.8) is 0 Å². The number of aromatic nitrogens is 2. The van der Waals surface area contributed by atoms with Crippen LogP contribution in [0.25, 0.3) is 5.69 Å².